The average molecular weight is 470 g/mol. The van der Waals surface area contributed by atoms with Crippen molar-refractivity contribution in [1.82, 2.24) is 15.6 Å². The summed E-state index contributed by atoms with van der Waals surface area (Å²) < 4.78 is 103. The lowest BCUT2D eigenvalue weighted by Gasteiger charge is -2.36. The van der Waals surface area contributed by atoms with Gasteiger partial charge in [0.05, 0.1) is 4.90 Å². The minimum absolute atomic E-state index is 0.123. The molecule has 31 heavy (non-hydrogen) atoms. The number of nitrogens with one attached hydrogen (secondary N) is 3. The highest BCUT2D eigenvalue weighted by atomic mass is 32.2. The number of hydrogen-bond acceptors (Lipinski definition) is 5. The van der Waals surface area contributed by atoms with Crippen molar-refractivity contribution in [3.8, 4) is 0 Å². The first-order chi connectivity index (χ1) is 14.0. The zero-order valence-electron chi connectivity index (χ0n) is 16.6. The van der Waals surface area contributed by atoms with Crippen LogP contribution < -0.4 is 20.5 Å². The second kappa shape index (κ2) is 8.11. The molecule has 0 aliphatic carbocycles. The highest BCUT2D eigenvalue weighted by Gasteiger charge is 2.68. The summed E-state index contributed by atoms with van der Waals surface area (Å²) in [6.45, 7) is 2.88. The summed E-state index contributed by atoms with van der Waals surface area (Å²) in [5.74, 6) is -1.05. The monoisotopic (exact) mass is 470 g/mol. The number of fused-ring (bicyclic) bond motifs is 1. The van der Waals surface area contributed by atoms with Crippen molar-refractivity contribution in [2.45, 2.75) is 29.7 Å². The minimum Gasteiger partial charge on any atom is -0.377 e. The third-order valence-corrected chi connectivity index (χ3v) is 5.81. The fourth-order valence-corrected chi connectivity index (χ4v) is 3.80. The van der Waals surface area contributed by atoms with Crippen molar-refractivity contribution in [3.05, 3.63) is 48.8 Å². The number of anilines is 1. The molecule has 0 aliphatic rings. The number of hydrazine groups is 1. The number of hydrogen-bond donors (Lipinski definition) is 3. The van der Waals surface area contributed by atoms with Crippen molar-refractivity contribution < 1.29 is 34.8 Å². The molecule has 0 bridgehead atoms. The van der Waals surface area contributed by atoms with Gasteiger partial charge in [-0.15, -0.1) is 4.83 Å². The van der Waals surface area contributed by atoms with Gasteiger partial charge in [-0.25, -0.2) is 8.42 Å². The third-order valence-electron chi connectivity index (χ3n) is 4.50. The molecule has 2 rings (SSSR count). The lowest BCUT2D eigenvalue weighted by atomic mass is 10.0. The van der Waals surface area contributed by atoms with E-state index in [9.17, 15) is 34.8 Å². The first-order valence-corrected chi connectivity index (χ1v) is 10.1. The highest BCUT2D eigenvalue weighted by molar-refractivity contribution is 7.89. The number of sulfonamides is 1. The zero-order chi connectivity index (χ0) is 23.8. The highest BCUT2D eigenvalue weighted by Crippen LogP contribution is 2.43. The van der Waals surface area contributed by atoms with E-state index in [2.05, 4.69) is 6.58 Å². The van der Waals surface area contributed by atoms with Gasteiger partial charge in [0.15, 0.2) is 0 Å². The van der Waals surface area contributed by atoms with Gasteiger partial charge in [-0.1, -0.05) is 30.8 Å². The van der Waals surface area contributed by atoms with Gasteiger partial charge in [-0.2, -0.15) is 26.3 Å². The lowest BCUT2D eigenvalue weighted by molar-refractivity contribution is -0.299. The van der Waals surface area contributed by atoms with Crippen LogP contribution in [0.25, 0.3) is 10.8 Å². The number of rotatable bonds is 7. The molecule has 2 aromatic carbocycles. The van der Waals surface area contributed by atoms with Crippen molar-refractivity contribution in [2.24, 2.45) is 0 Å². The molecule has 0 saturated carbocycles. The van der Waals surface area contributed by atoms with Crippen LogP contribution >= 0.6 is 0 Å². The van der Waals surface area contributed by atoms with Crippen molar-refractivity contribution in [1.29, 1.82) is 0 Å². The minimum atomic E-state index is -5.73. The fraction of sp³-hybridized carbons (Fsp3) is 0.333. The molecule has 0 fully saturated rings. The molecule has 3 N–H and O–H groups in total. The molecule has 0 saturated heterocycles. The number of benzene rings is 2. The maximum absolute atomic E-state index is 13.0. The molecule has 0 unspecified atom stereocenters. The Morgan fingerprint density at radius 2 is 1.45 bits per heavy atom. The van der Waals surface area contributed by atoms with Crippen LogP contribution in [0, 0.1) is 0 Å². The van der Waals surface area contributed by atoms with Gasteiger partial charge in [0, 0.05) is 30.6 Å². The Labute approximate surface area is 174 Å². The molecule has 0 aliphatic heterocycles. The summed E-state index contributed by atoms with van der Waals surface area (Å²) in [7, 11) is -0.887. The molecule has 0 spiro atoms. The van der Waals surface area contributed by atoms with Crippen LogP contribution in [0.2, 0.25) is 0 Å². The summed E-state index contributed by atoms with van der Waals surface area (Å²) in [6.07, 6.45) is -11.5. The smallest absolute Gasteiger partial charge is 0.377 e. The molecule has 0 amide bonds. The zero-order valence-corrected chi connectivity index (χ0v) is 17.4. The Morgan fingerprint density at radius 3 is 1.97 bits per heavy atom. The van der Waals surface area contributed by atoms with Gasteiger partial charge in [0.1, 0.15) is 5.82 Å². The molecular formula is C18H20F6N4O2S. The maximum atomic E-state index is 13.0. The Kier molecular flexibility index (Phi) is 6.44. The molecule has 0 atom stereocenters. The van der Waals surface area contributed by atoms with E-state index in [0.29, 0.717) is 16.5 Å². The lowest BCUT2D eigenvalue weighted by Crippen LogP contribution is -2.65. The first-order valence-electron chi connectivity index (χ1n) is 8.59. The largest absolute Gasteiger partial charge is 0.420 e. The van der Waals surface area contributed by atoms with E-state index in [1.54, 1.807) is 47.5 Å². The Balaban J connectivity index is 2.30. The van der Waals surface area contributed by atoms with Gasteiger partial charge < -0.3 is 10.2 Å². The molecule has 0 radical (unpaired) electrons. The molecule has 2 aromatic rings. The van der Waals surface area contributed by atoms with Crippen LogP contribution in [0.15, 0.2) is 53.7 Å². The van der Waals surface area contributed by atoms with Crippen LogP contribution in [-0.2, 0) is 10.0 Å². The summed E-state index contributed by atoms with van der Waals surface area (Å²) in [4.78, 5) is 3.28. The summed E-state index contributed by atoms with van der Waals surface area (Å²) >= 11 is 0. The number of nitrogens with zero attached hydrogens (tertiary/aromatic N) is 1. The van der Waals surface area contributed by atoms with Crippen LogP contribution in [0.4, 0.5) is 32.0 Å². The average Bonchev–Trinajstić information content (AvgIpc) is 2.63. The van der Waals surface area contributed by atoms with E-state index in [-0.39, 0.29) is 11.8 Å². The molecule has 6 nitrogen and oxygen atoms in total. The molecular weight excluding hydrogens is 450 g/mol. The Hall–Kier alpha value is -2.67. The number of halogens is 6. The SMILES string of the molecule is C=C(NNS(=O)(=O)c1cccc2c(N(C)C)cccc12)NC(C)(C(F)(F)F)C(F)(F)F. The van der Waals surface area contributed by atoms with Gasteiger partial charge >= 0.3 is 12.4 Å². The Morgan fingerprint density at radius 1 is 0.935 bits per heavy atom. The second-order valence-electron chi connectivity index (χ2n) is 6.98. The third kappa shape index (κ3) is 4.82. The predicted octanol–water partition coefficient (Wildman–Crippen LogP) is 3.63. The van der Waals surface area contributed by atoms with E-state index < -0.39 is 33.7 Å². The van der Waals surface area contributed by atoms with Gasteiger partial charge in [0.25, 0.3) is 10.0 Å². The molecule has 13 heteroatoms. The van der Waals surface area contributed by atoms with E-state index in [0.717, 1.165) is 0 Å². The van der Waals surface area contributed by atoms with Crippen LogP contribution in [0.3, 0.4) is 0 Å². The van der Waals surface area contributed by atoms with Crippen LogP contribution in [0.1, 0.15) is 6.92 Å². The normalized spacial score (nSPS) is 13.2. The van der Waals surface area contributed by atoms with Crippen molar-refractivity contribution >= 4 is 26.5 Å². The van der Waals surface area contributed by atoms with Crippen LogP contribution in [-0.4, -0.2) is 40.4 Å². The van der Waals surface area contributed by atoms with Gasteiger partial charge in [-0.05, 0) is 19.1 Å². The standard InChI is InChI=1S/C18H20F6N4O2S/c1-11(25-16(2,17(19,20)21)18(22,23)24)26-27-31(29,30)15-10-6-7-12-13(15)8-5-9-14(12)28(3)4/h5-10,25-27H,1H2,2-4H3. The van der Waals surface area contributed by atoms with E-state index in [4.69, 9.17) is 0 Å². The first kappa shape index (κ1) is 24.6. The summed E-state index contributed by atoms with van der Waals surface area (Å²) in [5, 5.41) is 2.05. The number of alkyl halides is 6. The van der Waals surface area contributed by atoms with E-state index in [1.807, 2.05) is 0 Å². The van der Waals surface area contributed by atoms with E-state index >= 15 is 0 Å². The second-order valence-corrected chi connectivity index (χ2v) is 8.63. The molecule has 0 heterocycles. The molecule has 0 aromatic heterocycles. The van der Waals surface area contributed by atoms with Gasteiger partial charge in [0.2, 0.25) is 5.54 Å². The predicted molar refractivity (Wildman–Crippen MR) is 105 cm³/mol. The van der Waals surface area contributed by atoms with Crippen LogP contribution in [0.5, 0.6) is 0 Å². The van der Waals surface area contributed by atoms with E-state index in [1.165, 1.54) is 23.5 Å². The molecule has 172 valence electrons. The fourth-order valence-electron chi connectivity index (χ4n) is 2.71. The maximum Gasteiger partial charge on any atom is 0.420 e. The van der Waals surface area contributed by atoms with Crippen molar-refractivity contribution in [3.63, 3.8) is 0 Å². The van der Waals surface area contributed by atoms with Gasteiger partial charge in [-0.3, -0.25) is 5.43 Å². The topological polar surface area (TPSA) is 73.5 Å². The summed E-state index contributed by atoms with van der Waals surface area (Å²) in [6, 6.07) is 9.27. The summed E-state index contributed by atoms with van der Waals surface area (Å²) in [5.41, 5.74) is -1.87. The Bertz CT molecular complexity index is 1070. The quantitative estimate of drug-likeness (QED) is 0.426. The van der Waals surface area contributed by atoms with Crippen molar-refractivity contribution in [2.75, 3.05) is 19.0 Å².